The molecule has 0 atom stereocenters. The van der Waals surface area contributed by atoms with Gasteiger partial charge in [-0.25, -0.2) is 13.4 Å². The van der Waals surface area contributed by atoms with Gasteiger partial charge in [0.1, 0.15) is 5.52 Å². The van der Waals surface area contributed by atoms with E-state index in [0.717, 1.165) is 5.52 Å². The van der Waals surface area contributed by atoms with Crippen LogP contribution in [-0.4, -0.2) is 42.5 Å². The van der Waals surface area contributed by atoms with Gasteiger partial charge in [-0.15, -0.1) is 0 Å². The van der Waals surface area contributed by atoms with Crippen LogP contribution in [0, 0.1) is 6.92 Å². The molecule has 0 aliphatic rings. The largest absolute Gasteiger partial charge is 0.431 e. The quantitative estimate of drug-likeness (QED) is 0.542. The van der Waals surface area contributed by atoms with Gasteiger partial charge in [-0.2, -0.15) is 4.31 Å². The number of aryl methyl sites for hydroxylation is 1. The van der Waals surface area contributed by atoms with Crippen LogP contribution >= 0.6 is 11.8 Å². The minimum atomic E-state index is -3.61. The number of hydrogen-bond donors (Lipinski definition) is 1. The maximum atomic E-state index is 12.8. The van der Waals surface area contributed by atoms with E-state index in [9.17, 15) is 13.2 Å². The predicted molar refractivity (Wildman–Crippen MR) is 115 cm³/mol. The molecule has 9 heteroatoms. The van der Waals surface area contributed by atoms with E-state index >= 15 is 0 Å². The van der Waals surface area contributed by atoms with Gasteiger partial charge in [0.05, 0.1) is 10.6 Å². The Labute approximate surface area is 174 Å². The van der Waals surface area contributed by atoms with Crippen molar-refractivity contribution in [3.05, 3.63) is 48.0 Å². The molecule has 2 aromatic carbocycles. The number of carbonyl (C=O) groups is 1. The summed E-state index contributed by atoms with van der Waals surface area (Å²) in [6.07, 6.45) is 0. The van der Waals surface area contributed by atoms with E-state index < -0.39 is 10.0 Å². The molecule has 3 rings (SSSR count). The van der Waals surface area contributed by atoms with E-state index in [1.54, 1.807) is 32.9 Å². The minimum Gasteiger partial charge on any atom is -0.431 e. The van der Waals surface area contributed by atoms with Gasteiger partial charge in [0, 0.05) is 18.8 Å². The first kappa shape index (κ1) is 21.4. The van der Waals surface area contributed by atoms with Crippen LogP contribution in [0.25, 0.3) is 11.1 Å². The molecule has 0 fully saturated rings. The molecule has 0 saturated carbocycles. The summed E-state index contributed by atoms with van der Waals surface area (Å²) in [5.74, 6) is -0.175. The zero-order valence-corrected chi connectivity index (χ0v) is 18.1. The molecule has 1 aromatic heterocycles. The Hall–Kier alpha value is -2.36. The number of amides is 1. The van der Waals surface area contributed by atoms with Crippen molar-refractivity contribution < 1.29 is 17.6 Å². The molecule has 0 aliphatic heterocycles. The smallest absolute Gasteiger partial charge is 0.257 e. The second-order valence-electron chi connectivity index (χ2n) is 6.35. The van der Waals surface area contributed by atoms with Crippen LogP contribution < -0.4 is 5.32 Å². The summed E-state index contributed by atoms with van der Waals surface area (Å²) < 4.78 is 32.7. The van der Waals surface area contributed by atoms with Crippen LogP contribution in [0.1, 0.15) is 19.4 Å². The van der Waals surface area contributed by atoms with Gasteiger partial charge in [-0.05, 0) is 36.8 Å². The fourth-order valence-electron chi connectivity index (χ4n) is 2.90. The lowest BCUT2D eigenvalue weighted by Crippen LogP contribution is -2.31. The molecular weight excluding hydrogens is 410 g/mol. The van der Waals surface area contributed by atoms with Gasteiger partial charge in [0.25, 0.3) is 5.22 Å². The molecule has 0 bridgehead atoms. The molecule has 1 heterocycles. The Kier molecular flexibility index (Phi) is 6.61. The fourth-order valence-corrected chi connectivity index (χ4v) is 5.24. The van der Waals surface area contributed by atoms with Crippen LogP contribution in [0.2, 0.25) is 0 Å². The van der Waals surface area contributed by atoms with Crippen molar-refractivity contribution in [1.29, 1.82) is 0 Å². The number of benzene rings is 2. The van der Waals surface area contributed by atoms with E-state index in [2.05, 4.69) is 10.3 Å². The number of nitrogens with one attached hydrogen (secondary N) is 1. The number of aromatic nitrogens is 1. The topological polar surface area (TPSA) is 92.5 Å². The summed E-state index contributed by atoms with van der Waals surface area (Å²) in [7, 11) is -3.61. The van der Waals surface area contributed by atoms with Gasteiger partial charge in [-0.3, -0.25) is 4.79 Å². The molecule has 0 spiro atoms. The highest BCUT2D eigenvalue weighted by atomic mass is 32.2. The van der Waals surface area contributed by atoms with Crippen LogP contribution in [0.15, 0.2) is 57.0 Å². The van der Waals surface area contributed by atoms with E-state index in [4.69, 9.17) is 4.42 Å². The maximum absolute atomic E-state index is 12.8. The Morgan fingerprint density at radius 3 is 2.59 bits per heavy atom. The lowest BCUT2D eigenvalue weighted by Gasteiger charge is -2.20. The van der Waals surface area contributed by atoms with Crippen molar-refractivity contribution in [2.75, 3.05) is 24.2 Å². The molecule has 0 aliphatic carbocycles. The molecule has 0 radical (unpaired) electrons. The minimum absolute atomic E-state index is 0.0961. The van der Waals surface area contributed by atoms with Crippen LogP contribution in [0.3, 0.4) is 0 Å². The number of carbonyl (C=O) groups excluding carboxylic acids is 1. The van der Waals surface area contributed by atoms with Gasteiger partial charge < -0.3 is 9.73 Å². The second kappa shape index (κ2) is 8.98. The van der Waals surface area contributed by atoms with Crippen molar-refractivity contribution in [3.8, 4) is 0 Å². The third-order valence-electron chi connectivity index (χ3n) is 4.40. The van der Waals surface area contributed by atoms with Crippen molar-refractivity contribution >= 4 is 44.5 Å². The number of thioether (sulfide) groups is 1. The lowest BCUT2D eigenvalue weighted by molar-refractivity contribution is -0.113. The number of para-hydroxylation sites is 2. The highest BCUT2D eigenvalue weighted by Gasteiger charge is 2.24. The molecule has 3 aromatic rings. The average molecular weight is 434 g/mol. The van der Waals surface area contributed by atoms with E-state index in [0.29, 0.717) is 35.1 Å². The van der Waals surface area contributed by atoms with Crippen LogP contribution in [-0.2, 0) is 14.8 Å². The first-order valence-corrected chi connectivity index (χ1v) is 11.7. The number of rotatable bonds is 8. The second-order valence-corrected chi connectivity index (χ2v) is 9.19. The van der Waals surface area contributed by atoms with Gasteiger partial charge >= 0.3 is 0 Å². The van der Waals surface area contributed by atoms with Crippen molar-refractivity contribution in [1.82, 2.24) is 9.29 Å². The number of hydrogen-bond acceptors (Lipinski definition) is 6. The molecule has 0 unspecified atom stereocenters. The Bertz CT molecular complexity index is 1090. The molecule has 1 N–H and O–H groups in total. The van der Waals surface area contributed by atoms with Gasteiger partial charge in [0.2, 0.25) is 15.9 Å². The van der Waals surface area contributed by atoms with E-state index in [1.165, 1.54) is 22.1 Å². The fraction of sp³-hybridized carbons (Fsp3) is 0.300. The zero-order chi connectivity index (χ0) is 21.0. The SMILES string of the molecule is CCN(CC)S(=O)(=O)c1cc(NC(=O)CSc2nc3ccccc3o2)ccc1C. The van der Waals surface area contributed by atoms with Crippen molar-refractivity contribution in [2.24, 2.45) is 0 Å². The summed E-state index contributed by atoms with van der Waals surface area (Å²) in [5, 5.41) is 3.16. The molecule has 0 saturated heterocycles. The maximum Gasteiger partial charge on any atom is 0.257 e. The van der Waals surface area contributed by atoms with Gasteiger partial charge in [0.15, 0.2) is 5.58 Å². The first-order chi connectivity index (χ1) is 13.8. The summed E-state index contributed by atoms with van der Waals surface area (Å²) in [5.41, 5.74) is 2.47. The third-order valence-corrected chi connectivity index (χ3v) is 7.42. The zero-order valence-electron chi connectivity index (χ0n) is 16.5. The Morgan fingerprint density at radius 2 is 1.90 bits per heavy atom. The lowest BCUT2D eigenvalue weighted by atomic mass is 10.2. The summed E-state index contributed by atoms with van der Waals surface area (Å²) in [6, 6.07) is 12.3. The average Bonchev–Trinajstić information content (AvgIpc) is 3.11. The van der Waals surface area contributed by atoms with Crippen LogP contribution in [0.4, 0.5) is 5.69 Å². The monoisotopic (exact) mass is 433 g/mol. The predicted octanol–water partition coefficient (Wildman–Crippen LogP) is 3.90. The highest BCUT2D eigenvalue weighted by Crippen LogP contribution is 2.25. The highest BCUT2D eigenvalue weighted by molar-refractivity contribution is 7.99. The van der Waals surface area contributed by atoms with E-state index in [-0.39, 0.29) is 16.6 Å². The molecule has 29 heavy (non-hydrogen) atoms. The summed E-state index contributed by atoms with van der Waals surface area (Å²) >= 11 is 1.18. The number of anilines is 1. The Balaban J connectivity index is 1.70. The van der Waals surface area contributed by atoms with Crippen LogP contribution in [0.5, 0.6) is 0 Å². The summed E-state index contributed by atoms with van der Waals surface area (Å²) in [4.78, 5) is 16.9. The number of fused-ring (bicyclic) bond motifs is 1. The Morgan fingerprint density at radius 1 is 1.17 bits per heavy atom. The number of oxazole rings is 1. The normalized spacial score (nSPS) is 11.9. The first-order valence-electron chi connectivity index (χ1n) is 9.24. The summed E-state index contributed by atoms with van der Waals surface area (Å²) in [6.45, 7) is 6.10. The van der Waals surface area contributed by atoms with E-state index in [1.807, 2.05) is 24.3 Å². The van der Waals surface area contributed by atoms with Crippen molar-refractivity contribution in [3.63, 3.8) is 0 Å². The standard InChI is InChI=1S/C20H23N3O4S2/c1-4-23(5-2)29(25,26)18-12-15(11-10-14(18)3)21-19(24)13-28-20-22-16-8-6-7-9-17(16)27-20/h6-12H,4-5,13H2,1-3H3,(H,21,24). The molecular formula is C20H23N3O4S2. The number of nitrogens with zero attached hydrogens (tertiary/aromatic N) is 2. The molecule has 1 amide bonds. The number of sulfonamides is 1. The molecule has 7 nitrogen and oxygen atoms in total. The van der Waals surface area contributed by atoms with Gasteiger partial charge in [-0.1, -0.05) is 43.8 Å². The third kappa shape index (κ3) is 4.80. The molecule has 154 valence electrons. The van der Waals surface area contributed by atoms with Crippen molar-refractivity contribution in [2.45, 2.75) is 30.9 Å².